The molecule has 8 nitrogen and oxygen atoms in total. The van der Waals surface area contributed by atoms with Crippen molar-refractivity contribution in [3.63, 3.8) is 0 Å². The smallest absolute Gasteiger partial charge is 0.223 e. The highest BCUT2D eigenvalue weighted by molar-refractivity contribution is 7.91. The molecule has 1 amide bonds. The summed E-state index contributed by atoms with van der Waals surface area (Å²) in [7, 11) is -5.24. The zero-order valence-corrected chi connectivity index (χ0v) is 18.4. The second kappa shape index (κ2) is 8.33. The summed E-state index contributed by atoms with van der Waals surface area (Å²) >= 11 is 0. The molecule has 162 valence electrons. The molecule has 0 saturated carbocycles. The average molecular weight is 445 g/mol. The van der Waals surface area contributed by atoms with E-state index in [4.69, 9.17) is 4.74 Å². The Morgan fingerprint density at radius 2 is 1.86 bits per heavy atom. The summed E-state index contributed by atoms with van der Waals surface area (Å²) in [6.07, 6.45) is 1.74. The molecule has 2 saturated heterocycles. The van der Waals surface area contributed by atoms with Crippen LogP contribution in [0.15, 0.2) is 35.2 Å². The summed E-state index contributed by atoms with van der Waals surface area (Å²) in [6.45, 7) is 2.08. The molecule has 2 heterocycles. The highest BCUT2D eigenvalue weighted by Gasteiger charge is 2.52. The maximum atomic E-state index is 12.7. The van der Waals surface area contributed by atoms with Crippen molar-refractivity contribution in [1.82, 2.24) is 9.21 Å². The number of carbonyl (C=O) groups is 1. The predicted molar refractivity (Wildman–Crippen MR) is 109 cm³/mol. The van der Waals surface area contributed by atoms with E-state index >= 15 is 0 Å². The van der Waals surface area contributed by atoms with Gasteiger partial charge in [-0.05, 0) is 24.5 Å². The molecule has 10 heteroatoms. The first kappa shape index (κ1) is 22.2. The van der Waals surface area contributed by atoms with E-state index in [1.165, 1.54) is 22.7 Å². The number of nitrogens with zero attached hydrogens (tertiary/aromatic N) is 2. The SMILES string of the molecule is COC[C@@]12CCN(C(=O)CCS(=O)(=O)c3ccccc3)C[C@@H]1CN(S(C)(=O)=O)C2. The van der Waals surface area contributed by atoms with Gasteiger partial charge >= 0.3 is 0 Å². The number of benzene rings is 1. The fourth-order valence-electron chi connectivity index (χ4n) is 4.36. The van der Waals surface area contributed by atoms with Gasteiger partial charge in [-0.25, -0.2) is 21.1 Å². The van der Waals surface area contributed by atoms with Crippen LogP contribution in [0.25, 0.3) is 0 Å². The highest BCUT2D eigenvalue weighted by Crippen LogP contribution is 2.44. The van der Waals surface area contributed by atoms with Gasteiger partial charge in [-0.1, -0.05) is 18.2 Å². The zero-order valence-electron chi connectivity index (χ0n) is 16.8. The van der Waals surface area contributed by atoms with Crippen molar-refractivity contribution in [1.29, 1.82) is 0 Å². The number of rotatable bonds is 7. The minimum atomic E-state index is -3.52. The van der Waals surface area contributed by atoms with Gasteiger partial charge in [0.05, 0.1) is 23.5 Å². The van der Waals surface area contributed by atoms with Crippen LogP contribution in [-0.2, 0) is 29.4 Å². The van der Waals surface area contributed by atoms with Crippen LogP contribution in [0.2, 0.25) is 0 Å². The third kappa shape index (κ3) is 4.82. The van der Waals surface area contributed by atoms with Crippen LogP contribution >= 0.6 is 0 Å². The molecule has 2 atom stereocenters. The van der Waals surface area contributed by atoms with Crippen LogP contribution in [0, 0.1) is 11.3 Å². The number of hydrogen-bond donors (Lipinski definition) is 0. The lowest BCUT2D eigenvalue weighted by Crippen LogP contribution is -2.51. The van der Waals surface area contributed by atoms with Crippen molar-refractivity contribution in [2.75, 3.05) is 51.9 Å². The summed E-state index contributed by atoms with van der Waals surface area (Å²) in [4.78, 5) is 14.6. The molecular weight excluding hydrogens is 416 g/mol. The van der Waals surface area contributed by atoms with Gasteiger partial charge in [0.1, 0.15) is 0 Å². The van der Waals surface area contributed by atoms with Gasteiger partial charge in [0.15, 0.2) is 9.84 Å². The highest BCUT2D eigenvalue weighted by atomic mass is 32.2. The minimum absolute atomic E-state index is 0.0272. The van der Waals surface area contributed by atoms with Crippen molar-refractivity contribution in [3.8, 4) is 0 Å². The largest absolute Gasteiger partial charge is 0.384 e. The van der Waals surface area contributed by atoms with Crippen LogP contribution in [0.3, 0.4) is 0 Å². The Bertz CT molecular complexity index is 948. The molecule has 2 aliphatic heterocycles. The van der Waals surface area contributed by atoms with E-state index in [0.717, 1.165) is 0 Å². The summed E-state index contributed by atoms with van der Waals surface area (Å²) in [5.41, 5.74) is -0.301. The topological polar surface area (TPSA) is 101 Å². The van der Waals surface area contributed by atoms with Gasteiger partial charge in [-0.2, -0.15) is 0 Å². The number of sulfone groups is 1. The Labute approximate surface area is 172 Å². The molecular formula is C19H28N2O6S2. The molecule has 0 spiro atoms. The van der Waals surface area contributed by atoms with Crippen LogP contribution in [0.4, 0.5) is 0 Å². The number of ether oxygens (including phenoxy) is 1. The lowest BCUT2D eigenvalue weighted by atomic mass is 9.73. The van der Waals surface area contributed by atoms with Gasteiger partial charge in [0.2, 0.25) is 15.9 Å². The van der Waals surface area contributed by atoms with E-state index in [9.17, 15) is 21.6 Å². The number of sulfonamides is 1. The van der Waals surface area contributed by atoms with E-state index in [1.807, 2.05) is 0 Å². The van der Waals surface area contributed by atoms with Crippen molar-refractivity contribution in [2.24, 2.45) is 11.3 Å². The van der Waals surface area contributed by atoms with Crippen LogP contribution in [0.1, 0.15) is 12.8 Å². The van der Waals surface area contributed by atoms with E-state index in [1.54, 1.807) is 30.2 Å². The Kier molecular flexibility index (Phi) is 6.38. The molecule has 0 bridgehead atoms. The quantitative estimate of drug-likeness (QED) is 0.611. The summed E-state index contributed by atoms with van der Waals surface area (Å²) in [5.74, 6) is -0.482. The number of fused-ring (bicyclic) bond motifs is 1. The Morgan fingerprint density at radius 3 is 2.48 bits per heavy atom. The van der Waals surface area contributed by atoms with Crippen LogP contribution in [0.5, 0.6) is 0 Å². The van der Waals surface area contributed by atoms with E-state index in [2.05, 4.69) is 0 Å². The Balaban J connectivity index is 1.65. The van der Waals surface area contributed by atoms with E-state index < -0.39 is 19.9 Å². The second-order valence-electron chi connectivity index (χ2n) is 8.02. The first-order valence-corrected chi connectivity index (χ1v) is 13.1. The molecule has 0 N–H and O–H groups in total. The van der Waals surface area contributed by atoms with Crippen LogP contribution < -0.4 is 0 Å². The third-order valence-corrected chi connectivity index (χ3v) is 8.99. The fourth-order valence-corrected chi connectivity index (χ4v) is 6.55. The summed E-state index contributed by atoms with van der Waals surface area (Å²) < 4.78 is 55.8. The Hall–Kier alpha value is -1.49. The number of carbonyl (C=O) groups excluding carboxylic acids is 1. The molecule has 0 aliphatic carbocycles. The van der Waals surface area contributed by atoms with Crippen molar-refractivity contribution < 1.29 is 26.4 Å². The molecule has 2 fully saturated rings. The number of hydrogen-bond acceptors (Lipinski definition) is 6. The number of likely N-dealkylation sites (tertiary alicyclic amines) is 1. The maximum absolute atomic E-state index is 12.7. The summed E-state index contributed by atoms with van der Waals surface area (Å²) in [6, 6.07) is 8.10. The third-order valence-electron chi connectivity index (χ3n) is 6.04. The van der Waals surface area contributed by atoms with Crippen molar-refractivity contribution >= 4 is 25.8 Å². The van der Waals surface area contributed by atoms with Gasteiger partial charge in [-0.3, -0.25) is 4.79 Å². The molecule has 29 heavy (non-hydrogen) atoms. The molecule has 0 aromatic heterocycles. The number of piperidine rings is 1. The normalized spacial score (nSPS) is 25.7. The molecule has 1 aromatic rings. The average Bonchev–Trinajstić information content (AvgIpc) is 3.06. The zero-order chi connectivity index (χ0) is 21.3. The molecule has 3 rings (SSSR count). The van der Waals surface area contributed by atoms with E-state index in [0.29, 0.717) is 39.2 Å². The predicted octanol–water partition coefficient (Wildman–Crippen LogP) is 0.607. The van der Waals surface area contributed by atoms with E-state index in [-0.39, 0.29) is 34.3 Å². The first-order chi connectivity index (χ1) is 13.6. The van der Waals surface area contributed by atoms with Gasteiger partial charge in [0.25, 0.3) is 0 Å². The molecule has 0 radical (unpaired) electrons. The maximum Gasteiger partial charge on any atom is 0.223 e. The molecule has 1 aromatic carbocycles. The van der Waals surface area contributed by atoms with Gasteiger partial charge in [-0.15, -0.1) is 0 Å². The van der Waals surface area contributed by atoms with Gasteiger partial charge < -0.3 is 9.64 Å². The van der Waals surface area contributed by atoms with Crippen molar-refractivity contribution in [3.05, 3.63) is 30.3 Å². The monoisotopic (exact) mass is 444 g/mol. The standard InChI is InChI=1S/C19H28N2O6S2/c1-27-15-19-9-10-20(12-16(19)13-21(14-19)28(2,23)24)18(22)8-11-29(25,26)17-6-4-3-5-7-17/h3-7,16H,8-15H2,1-2H3/t16-,19+/m1/s1. The summed E-state index contributed by atoms with van der Waals surface area (Å²) in [5, 5.41) is 0. The van der Waals surface area contributed by atoms with Crippen molar-refractivity contribution in [2.45, 2.75) is 17.7 Å². The number of methoxy groups -OCH3 is 1. The number of amides is 1. The van der Waals surface area contributed by atoms with Gasteiger partial charge in [0, 0.05) is 45.1 Å². The molecule has 2 aliphatic rings. The molecule has 0 unspecified atom stereocenters. The second-order valence-corrected chi connectivity index (χ2v) is 12.1. The lowest BCUT2D eigenvalue weighted by Gasteiger charge is -2.43. The minimum Gasteiger partial charge on any atom is -0.384 e. The Morgan fingerprint density at radius 1 is 1.17 bits per heavy atom. The first-order valence-electron chi connectivity index (χ1n) is 9.57. The fraction of sp³-hybridized carbons (Fsp3) is 0.632. The lowest BCUT2D eigenvalue weighted by molar-refractivity contribution is -0.135. The van der Waals surface area contributed by atoms with Crippen LogP contribution in [-0.4, -0.2) is 83.9 Å².